The first kappa shape index (κ1) is 20.3. The number of hydrogen-bond donors (Lipinski definition) is 1. The van der Waals surface area contributed by atoms with Crippen molar-refractivity contribution in [2.24, 2.45) is 0 Å². The van der Waals surface area contributed by atoms with E-state index < -0.39 is 0 Å². The molecule has 0 fully saturated rings. The van der Waals surface area contributed by atoms with E-state index >= 15 is 0 Å². The van der Waals surface area contributed by atoms with Gasteiger partial charge in [-0.1, -0.05) is 54.1 Å². The number of fused-ring (bicyclic) bond motifs is 1. The zero-order valence-electron chi connectivity index (χ0n) is 16.8. The van der Waals surface area contributed by atoms with Gasteiger partial charge in [0.2, 0.25) is 6.54 Å². The second-order valence-corrected chi connectivity index (χ2v) is 8.60. The Labute approximate surface area is 192 Å². The van der Waals surface area contributed by atoms with Crippen LogP contribution < -0.4 is 10.1 Å². The van der Waals surface area contributed by atoms with Gasteiger partial charge in [-0.25, -0.2) is 4.98 Å². The van der Waals surface area contributed by atoms with Crippen LogP contribution in [0.4, 0.5) is 0 Å². The maximum atomic E-state index is 12.8. The van der Waals surface area contributed by atoms with Gasteiger partial charge in [0, 0.05) is 39.2 Å². The minimum absolute atomic E-state index is 0.0287. The van der Waals surface area contributed by atoms with Crippen molar-refractivity contribution >= 4 is 38.9 Å². The number of ketones is 1. The Bertz CT molecular complexity index is 1470. The molecule has 0 saturated carbocycles. The van der Waals surface area contributed by atoms with Crippen molar-refractivity contribution in [3.05, 3.63) is 117 Å². The lowest BCUT2D eigenvalue weighted by Gasteiger charge is -2.02. The highest BCUT2D eigenvalue weighted by Gasteiger charge is 2.16. The number of H-pyrrole nitrogens is 1. The summed E-state index contributed by atoms with van der Waals surface area (Å²) in [7, 11) is 0. The first-order chi connectivity index (χ1) is 15.6. The minimum atomic E-state index is -0.173. The van der Waals surface area contributed by atoms with Crippen LogP contribution in [-0.4, -0.2) is 15.8 Å². The van der Waals surface area contributed by atoms with Crippen LogP contribution in [0.25, 0.3) is 21.3 Å². The maximum Gasteiger partial charge on any atom is 0.260 e. The van der Waals surface area contributed by atoms with Gasteiger partial charge in [-0.05, 0) is 17.7 Å². The lowest BCUT2D eigenvalue weighted by molar-refractivity contribution is -0.689. The van der Waals surface area contributed by atoms with Crippen LogP contribution in [0.5, 0.6) is 0 Å². The molecule has 5 nitrogen and oxygen atoms in total. The molecule has 0 aliphatic heterocycles. The van der Waals surface area contributed by atoms with Crippen LogP contribution >= 0.6 is 22.9 Å². The standard InChI is InChI=1S/C25H16ClN3O2S/c26-19-8-6-16(7-9-19)20-15-32-25-22(20)24(31)27-21(28-25)14-29-12-10-18(11-13-29)23(30)17-4-2-1-3-5-17/h1-13,15H,14H2/p+1. The smallest absolute Gasteiger partial charge is 0.260 e. The number of nitrogens with one attached hydrogen (secondary N) is 1. The maximum absolute atomic E-state index is 12.8. The molecule has 0 saturated heterocycles. The molecular formula is C25H17ClN3O2S+. The third-order valence-corrected chi connectivity index (χ3v) is 6.29. The molecule has 7 heteroatoms. The van der Waals surface area contributed by atoms with Crippen LogP contribution in [0.2, 0.25) is 5.02 Å². The van der Waals surface area contributed by atoms with Crippen molar-refractivity contribution in [1.82, 2.24) is 9.97 Å². The summed E-state index contributed by atoms with van der Waals surface area (Å²) < 4.78 is 1.87. The Hall–Kier alpha value is -3.61. The second kappa shape index (κ2) is 8.49. The van der Waals surface area contributed by atoms with Crippen LogP contribution in [-0.2, 0) is 6.54 Å². The van der Waals surface area contributed by atoms with Gasteiger partial charge in [-0.2, -0.15) is 4.57 Å². The zero-order chi connectivity index (χ0) is 22.1. The highest BCUT2D eigenvalue weighted by molar-refractivity contribution is 7.17. The van der Waals surface area contributed by atoms with Gasteiger partial charge in [0.05, 0.1) is 5.39 Å². The minimum Gasteiger partial charge on any atom is -0.305 e. The van der Waals surface area contributed by atoms with Crippen LogP contribution in [0, 0.1) is 0 Å². The van der Waals surface area contributed by atoms with E-state index in [0.29, 0.717) is 38.7 Å². The van der Waals surface area contributed by atoms with Crippen LogP contribution in [0.15, 0.2) is 89.3 Å². The van der Waals surface area contributed by atoms with Gasteiger partial charge in [0.15, 0.2) is 24.0 Å². The Morgan fingerprint density at radius 1 is 0.969 bits per heavy atom. The average molecular weight is 459 g/mol. The Kier molecular flexibility index (Phi) is 5.39. The molecule has 32 heavy (non-hydrogen) atoms. The first-order valence-corrected chi connectivity index (χ1v) is 11.2. The SMILES string of the molecule is O=C(c1ccccc1)c1cc[n+](Cc2nc3scc(-c4ccc(Cl)cc4)c3c(=O)[nH]2)cc1. The molecular weight excluding hydrogens is 442 g/mol. The topological polar surface area (TPSA) is 66.7 Å². The van der Waals surface area contributed by atoms with Crippen LogP contribution in [0.1, 0.15) is 21.7 Å². The van der Waals surface area contributed by atoms with Gasteiger partial charge in [-0.3, -0.25) is 9.59 Å². The molecule has 0 atom stereocenters. The number of carbonyl (C=O) groups excluding carboxylic acids is 1. The van der Waals surface area contributed by atoms with Gasteiger partial charge < -0.3 is 4.98 Å². The fraction of sp³-hybridized carbons (Fsp3) is 0.0400. The highest BCUT2D eigenvalue weighted by atomic mass is 35.5. The van der Waals surface area contributed by atoms with Crippen molar-refractivity contribution < 1.29 is 9.36 Å². The Morgan fingerprint density at radius 2 is 1.66 bits per heavy atom. The zero-order valence-corrected chi connectivity index (χ0v) is 18.4. The second-order valence-electron chi connectivity index (χ2n) is 7.30. The molecule has 1 N–H and O–H groups in total. The van der Waals surface area contributed by atoms with Gasteiger partial charge in [0.1, 0.15) is 4.83 Å². The lowest BCUT2D eigenvalue weighted by atomic mass is 10.0. The summed E-state index contributed by atoms with van der Waals surface area (Å²) in [6.45, 7) is 0.388. The summed E-state index contributed by atoms with van der Waals surface area (Å²) in [4.78, 5) is 33.6. The summed E-state index contributed by atoms with van der Waals surface area (Å²) in [5, 5.41) is 3.17. The largest absolute Gasteiger partial charge is 0.305 e. The van der Waals surface area contributed by atoms with E-state index in [1.165, 1.54) is 11.3 Å². The number of rotatable bonds is 5. The molecule has 0 spiro atoms. The monoisotopic (exact) mass is 458 g/mol. The normalized spacial score (nSPS) is 11.0. The summed E-state index contributed by atoms with van der Waals surface area (Å²) in [5.74, 6) is 0.526. The molecule has 0 aliphatic rings. The molecule has 3 heterocycles. The number of hydrogen-bond acceptors (Lipinski definition) is 4. The molecule has 0 unspecified atom stereocenters. The number of halogens is 1. The first-order valence-electron chi connectivity index (χ1n) is 9.94. The molecule has 0 radical (unpaired) electrons. The van der Waals surface area contributed by atoms with E-state index in [2.05, 4.69) is 9.97 Å². The van der Waals surface area contributed by atoms with E-state index in [-0.39, 0.29) is 11.3 Å². The van der Waals surface area contributed by atoms with Crippen LogP contribution in [0.3, 0.4) is 0 Å². The van der Waals surface area contributed by atoms with E-state index in [4.69, 9.17) is 11.6 Å². The Morgan fingerprint density at radius 3 is 2.38 bits per heavy atom. The molecule has 0 bridgehead atoms. The predicted octanol–water partition coefficient (Wildman–Crippen LogP) is 4.87. The fourth-order valence-corrected chi connectivity index (χ4v) is 4.65. The molecule has 0 amide bonds. The van der Waals surface area contributed by atoms with Gasteiger partial charge in [-0.15, -0.1) is 11.3 Å². The van der Waals surface area contributed by atoms with E-state index in [1.807, 2.05) is 52.7 Å². The van der Waals surface area contributed by atoms with E-state index in [1.54, 1.807) is 36.4 Å². The van der Waals surface area contributed by atoms with Crippen molar-refractivity contribution in [2.45, 2.75) is 6.54 Å². The Balaban J connectivity index is 1.40. The number of pyridine rings is 1. The molecule has 3 aromatic heterocycles. The molecule has 5 aromatic rings. The van der Waals surface area contributed by atoms with Crippen molar-refractivity contribution in [2.75, 3.05) is 0 Å². The molecule has 2 aromatic carbocycles. The lowest BCUT2D eigenvalue weighted by Crippen LogP contribution is -2.35. The average Bonchev–Trinajstić information content (AvgIpc) is 3.25. The number of nitrogens with zero attached hydrogens (tertiary/aromatic N) is 2. The number of carbonyl (C=O) groups is 1. The fourth-order valence-electron chi connectivity index (χ4n) is 3.55. The summed E-state index contributed by atoms with van der Waals surface area (Å²) in [6, 6.07) is 20.1. The molecule has 5 rings (SSSR count). The highest BCUT2D eigenvalue weighted by Crippen LogP contribution is 2.31. The van der Waals surface area contributed by atoms with Crippen molar-refractivity contribution in [1.29, 1.82) is 0 Å². The summed E-state index contributed by atoms with van der Waals surface area (Å²) in [5.41, 5.74) is 2.85. The van der Waals surface area contributed by atoms with E-state index in [0.717, 1.165) is 11.1 Å². The predicted molar refractivity (Wildman–Crippen MR) is 126 cm³/mol. The van der Waals surface area contributed by atoms with Gasteiger partial charge >= 0.3 is 0 Å². The number of benzene rings is 2. The number of aromatic nitrogens is 3. The van der Waals surface area contributed by atoms with E-state index in [9.17, 15) is 9.59 Å². The number of aromatic amines is 1. The quantitative estimate of drug-likeness (QED) is 0.302. The van der Waals surface area contributed by atoms with Crippen molar-refractivity contribution in [3.63, 3.8) is 0 Å². The molecule has 156 valence electrons. The van der Waals surface area contributed by atoms with Crippen molar-refractivity contribution in [3.8, 4) is 11.1 Å². The summed E-state index contributed by atoms with van der Waals surface area (Å²) >= 11 is 7.42. The molecule has 0 aliphatic carbocycles. The van der Waals surface area contributed by atoms with Gasteiger partial charge in [0.25, 0.3) is 5.56 Å². The third-order valence-electron chi connectivity index (χ3n) is 5.17. The summed E-state index contributed by atoms with van der Waals surface area (Å²) in [6.07, 6.45) is 3.63. The third kappa shape index (κ3) is 3.98. The number of thiophene rings is 1.